The fraction of sp³-hybridized carbons (Fsp3) is 0.286. The van der Waals surface area contributed by atoms with Crippen molar-refractivity contribution in [1.29, 1.82) is 0 Å². The first-order chi connectivity index (χ1) is 22.5. The zero-order valence-corrected chi connectivity index (χ0v) is 25.5. The minimum atomic E-state index is -1.15. The number of alkyl halides is 1. The Kier molecular flexibility index (Phi) is 6.97. The molecule has 10 nitrogen and oxygen atoms in total. The number of aromatic nitrogens is 5. The summed E-state index contributed by atoms with van der Waals surface area (Å²) in [6.07, 6.45) is 1.79. The zero-order chi connectivity index (χ0) is 31.4. The maximum atomic E-state index is 14.4. The highest BCUT2D eigenvalue weighted by Gasteiger charge is 2.30. The average Bonchev–Trinajstić information content (AvgIpc) is 3.77. The summed E-state index contributed by atoms with van der Waals surface area (Å²) in [7, 11) is 1.59. The highest BCUT2D eigenvalue weighted by molar-refractivity contribution is 6.00. The second-order valence-electron chi connectivity index (χ2n) is 12.0. The topological polar surface area (TPSA) is 105 Å². The van der Waals surface area contributed by atoms with Gasteiger partial charge in [0.15, 0.2) is 5.82 Å². The van der Waals surface area contributed by atoms with Crippen molar-refractivity contribution < 1.29 is 18.7 Å². The van der Waals surface area contributed by atoms with E-state index in [1.807, 2.05) is 53.3 Å². The number of ether oxygens (including phenoxy) is 2. The average molecular weight is 620 g/mol. The molecule has 0 aliphatic carbocycles. The van der Waals surface area contributed by atoms with E-state index in [-0.39, 0.29) is 18.9 Å². The summed E-state index contributed by atoms with van der Waals surface area (Å²) in [6, 6.07) is 23.4. The van der Waals surface area contributed by atoms with Gasteiger partial charge in [0.05, 0.1) is 43.7 Å². The van der Waals surface area contributed by atoms with Gasteiger partial charge < -0.3 is 29.2 Å². The van der Waals surface area contributed by atoms with Crippen LogP contribution in [0.3, 0.4) is 0 Å². The minimum Gasteiger partial charge on any atom is -0.494 e. The summed E-state index contributed by atoms with van der Waals surface area (Å²) in [5.41, 5.74) is 11.5. The number of amides is 1. The van der Waals surface area contributed by atoms with E-state index in [4.69, 9.17) is 25.3 Å². The Morgan fingerprint density at radius 2 is 1.89 bits per heavy atom. The SMILES string of the molecule is COc1cc(C(=O)N2C[C@H](N)C[C@@H](F)C2)cc2nc3n(c12)Cc1ccn(n1)-c1ccccc1OCCCn1c-3cc2ccccc21. The summed E-state index contributed by atoms with van der Waals surface area (Å²) in [5, 5.41) is 6.03. The van der Waals surface area contributed by atoms with Crippen molar-refractivity contribution in [3.63, 3.8) is 0 Å². The smallest absolute Gasteiger partial charge is 0.254 e. The third kappa shape index (κ3) is 4.87. The molecule has 46 heavy (non-hydrogen) atoms. The van der Waals surface area contributed by atoms with E-state index < -0.39 is 12.2 Å². The third-order valence-corrected chi connectivity index (χ3v) is 8.89. The quantitative estimate of drug-likeness (QED) is 0.286. The van der Waals surface area contributed by atoms with E-state index in [0.717, 1.165) is 51.5 Å². The molecule has 0 spiro atoms. The summed E-state index contributed by atoms with van der Waals surface area (Å²) >= 11 is 0. The molecule has 0 radical (unpaired) electrons. The van der Waals surface area contributed by atoms with E-state index in [9.17, 15) is 9.18 Å². The molecule has 0 unspecified atom stereocenters. The normalized spacial score (nSPS) is 18.4. The predicted octanol–water partition coefficient (Wildman–Crippen LogP) is 5.19. The lowest BCUT2D eigenvalue weighted by atomic mass is 10.0. The molecule has 1 fully saturated rings. The van der Waals surface area contributed by atoms with Gasteiger partial charge >= 0.3 is 0 Å². The molecule has 8 rings (SSSR count). The van der Waals surface area contributed by atoms with Gasteiger partial charge in [-0.2, -0.15) is 5.10 Å². The van der Waals surface area contributed by atoms with Gasteiger partial charge in [-0.1, -0.05) is 30.3 Å². The first-order valence-corrected chi connectivity index (χ1v) is 15.6. The number of hydrogen-bond acceptors (Lipinski definition) is 6. The van der Waals surface area contributed by atoms with E-state index >= 15 is 0 Å². The molecule has 5 heterocycles. The Balaban J connectivity index is 1.33. The molecule has 11 heteroatoms. The van der Waals surface area contributed by atoms with Crippen LogP contribution in [0.5, 0.6) is 11.5 Å². The number of carbonyl (C=O) groups is 1. The second-order valence-corrected chi connectivity index (χ2v) is 12.0. The fourth-order valence-corrected chi connectivity index (χ4v) is 6.83. The van der Waals surface area contributed by atoms with Gasteiger partial charge in [0.25, 0.3) is 5.91 Å². The number of imidazole rings is 1. The first kappa shape index (κ1) is 28.3. The molecule has 2 aliphatic heterocycles. The lowest BCUT2D eigenvalue weighted by molar-refractivity contribution is 0.0606. The van der Waals surface area contributed by atoms with Crippen LogP contribution in [0.15, 0.2) is 79.0 Å². The van der Waals surface area contributed by atoms with Crippen LogP contribution in [0.1, 0.15) is 28.9 Å². The standard InChI is InChI=1S/C35H34FN7O3/c1-45-32-17-23(35(44)40-19-24(36)18-25(37)20-40)15-27-33(32)42-21-26-11-13-43(39-26)29-9-4-5-10-31(29)46-14-6-12-41-28-8-3-2-7-22(28)16-30(41)34(42)38-27/h2-5,7-11,13,15-17,24-25H,6,12,14,18-21,37H2,1H3/t24-,25-/m1/s1. The van der Waals surface area contributed by atoms with Gasteiger partial charge in [-0.15, -0.1) is 0 Å². The molecular weight excluding hydrogens is 585 g/mol. The van der Waals surface area contributed by atoms with Crippen LogP contribution in [0.2, 0.25) is 0 Å². The Hall–Kier alpha value is -5.16. The Morgan fingerprint density at radius 3 is 2.76 bits per heavy atom. The van der Waals surface area contributed by atoms with Crippen molar-refractivity contribution in [2.24, 2.45) is 5.73 Å². The number of methoxy groups -OCH3 is 1. The number of piperidine rings is 1. The van der Waals surface area contributed by atoms with E-state index in [0.29, 0.717) is 43.1 Å². The number of rotatable bonds is 2. The highest BCUT2D eigenvalue weighted by atomic mass is 19.1. The maximum absolute atomic E-state index is 14.4. The van der Waals surface area contributed by atoms with Crippen molar-refractivity contribution in [2.75, 3.05) is 26.8 Å². The lowest BCUT2D eigenvalue weighted by Gasteiger charge is -2.33. The molecule has 1 saturated heterocycles. The molecule has 0 saturated carbocycles. The van der Waals surface area contributed by atoms with Crippen LogP contribution in [0.4, 0.5) is 4.39 Å². The van der Waals surface area contributed by atoms with Crippen molar-refractivity contribution in [3.8, 4) is 28.7 Å². The molecule has 6 aromatic rings. The van der Waals surface area contributed by atoms with Gasteiger partial charge in [0, 0.05) is 41.8 Å². The van der Waals surface area contributed by atoms with Crippen molar-refractivity contribution in [2.45, 2.75) is 38.1 Å². The number of likely N-dealkylation sites (tertiary alicyclic amines) is 1. The second kappa shape index (κ2) is 11.3. The molecule has 2 aliphatic rings. The van der Waals surface area contributed by atoms with Crippen molar-refractivity contribution in [1.82, 2.24) is 28.8 Å². The van der Waals surface area contributed by atoms with Gasteiger partial charge in [-0.3, -0.25) is 4.79 Å². The summed E-state index contributed by atoms with van der Waals surface area (Å²) in [4.78, 5) is 20.3. The number of para-hydroxylation sites is 3. The van der Waals surface area contributed by atoms with E-state index in [1.165, 1.54) is 4.90 Å². The van der Waals surface area contributed by atoms with Crippen molar-refractivity contribution in [3.05, 3.63) is 90.3 Å². The number of carbonyl (C=O) groups excluding carboxylic acids is 1. The lowest BCUT2D eigenvalue weighted by Crippen LogP contribution is -2.50. The van der Waals surface area contributed by atoms with Crippen LogP contribution in [-0.2, 0) is 13.1 Å². The number of nitrogens with zero attached hydrogens (tertiary/aromatic N) is 6. The van der Waals surface area contributed by atoms with Crippen LogP contribution in [0.25, 0.3) is 39.1 Å². The molecule has 3 aromatic heterocycles. The third-order valence-electron chi connectivity index (χ3n) is 8.89. The minimum absolute atomic E-state index is 0.0161. The van der Waals surface area contributed by atoms with Crippen molar-refractivity contribution >= 4 is 27.8 Å². The molecular formula is C35H34FN7O3. The van der Waals surface area contributed by atoms with Crippen LogP contribution >= 0.6 is 0 Å². The number of nitrogens with two attached hydrogens (primary N) is 1. The molecule has 234 valence electrons. The molecule has 2 atom stereocenters. The highest BCUT2D eigenvalue weighted by Crippen LogP contribution is 2.36. The van der Waals surface area contributed by atoms with Crippen LogP contribution < -0.4 is 15.2 Å². The summed E-state index contributed by atoms with van der Waals surface area (Å²) < 4.78 is 32.8. The molecule has 2 bridgehead atoms. The Bertz CT molecular complexity index is 2090. The molecule has 3 aromatic carbocycles. The Labute approximate surface area is 264 Å². The monoisotopic (exact) mass is 619 g/mol. The number of halogens is 1. The number of aryl methyl sites for hydroxylation is 1. The largest absolute Gasteiger partial charge is 0.494 e. The zero-order valence-electron chi connectivity index (χ0n) is 25.5. The summed E-state index contributed by atoms with van der Waals surface area (Å²) in [5.74, 6) is 1.71. The summed E-state index contributed by atoms with van der Waals surface area (Å²) in [6.45, 7) is 1.94. The molecule has 2 N–H and O–H groups in total. The van der Waals surface area contributed by atoms with Crippen LogP contribution in [-0.4, -0.2) is 73.7 Å². The Morgan fingerprint density at radius 1 is 1.04 bits per heavy atom. The number of benzene rings is 3. The van der Waals surface area contributed by atoms with Gasteiger partial charge in [0.2, 0.25) is 0 Å². The fourth-order valence-electron chi connectivity index (χ4n) is 6.83. The first-order valence-electron chi connectivity index (χ1n) is 15.6. The van der Waals surface area contributed by atoms with E-state index in [1.54, 1.807) is 19.2 Å². The molecule has 1 amide bonds. The number of fused-ring (bicyclic) bond motifs is 11. The maximum Gasteiger partial charge on any atom is 0.254 e. The van der Waals surface area contributed by atoms with Gasteiger partial charge in [0.1, 0.15) is 28.9 Å². The number of hydrogen-bond donors (Lipinski definition) is 1. The van der Waals surface area contributed by atoms with Gasteiger partial charge in [-0.25, -0.2) is 14.1 Å². The van der Waals surface area contributed by atoms with Gasteiger partial charge in [-0.05, 0) is 55.3 Å². The van der Waals surface area contributed by atoms with Crippen LogP contribution in [0, 0.1) is 0 Å². The predicted molar refractivity (Wildman–Crippen MR) is 173 cm³/mol. The van der Waals surface area contributed by atoms with E-state index in [2.05, 4.69) is 27.3 Å².